The Morgan fingerprint density at radius 2 is 0.824 bits per heavy atom. The maximum Gasteiger partial charge on any atom is 0.325 e. The van der Waals surface area contributed by atoms with Gasteiger partial charge in [-0.1, -0.05) is 77.0 Å². The lowest BCUT2D eigenvalue weighted by atomic mass is 10.0. The van der Waals surface area contributed by atoms with Gasteiger partial charge in [-0.15, -0.1) is 0 Å². The standard InChI is InChI=1S/C28H53NO5/c1-27(2,3)33-25(31)22-20-18-16-14-12-10-8-7-9-11-13-15-17-19-21-24(30)29-23-26(32)34-28(4,5)6/h7-23H2,1-6H3,(H,29,30). The molecular weight excluding hydrogens is 430 g/mol. The molecule has 0 aliphatic heterocycles. The molecule has 1 N–H and O–H groups in total. The van der Waals surface area contributed by atoms with E-state index < -0.39 is 11.6 Å². The van der Waals surface area contributed by atoms with E-state index in [0.717, 1.165) is 25.7 Å². The molecule has 0 fully saturated rings. The van der Waals surface area contributed by atoms with Crippen molar-refractivity contribution in [2.75, 3.05) is 6.54 Å². The van der Waals surface area contributed by atoms with Gasteiger partial charge in [0.2, 0.25) is 5.91 Å². The second-order valence-electron chi connectivity index (χ2n) is 11.4. The third kappa shape index (κ3) is 25.0. The molecule has 0 atom stereocenters. The van der Waals surface area contributed by atoms with Gasteiger partial charge in [-0.05, 0) is 54.4 Å². The van der Waals surface area contributed by atoms with Crippen molar-refractivity contribution in [3.05, 3.63) is 0 Å². The molecule has 0 spiro atoms. The second kappa shape index (κ2) is 18.7. The van der Waals surface area contributed by atoms with Crippen LogP contribution in [0.3, 0.4) is 0 Å². The summed E-state index contributed by atoms with van der Waals surface area (Å²) < 4.78 is 10.5. The van der Waals surface area contributed by atoms with Crippen LogP contribution in [0, 0.1) is 0 Å². The third-order valence-electron chi connectivity index (χ3n) is 5.30. The van der Waals surface area contributed by atoms with Gasteiger partial charge >= 0.3 is 11.9 Å². The minimum Gasteiger partial charge on any atom is -0.460 e. The topological polar surface area (TPSA) is 81.7 Å². The van der Waals surface area contributed by atoms with Gasteiger partial charge in [0, 0.05) is 12.8 Å². The smallest absolute Gasteiger partial charge is 0.325 e. The molecule has 0 heterocycles. The molecule has 0 aromatic carbocycles. The van der Waals surface area contributed by atoms with Gasteiger partial charge in [0.05, 0.1) is 0 Å². The van der Waals surface area contributed by atoms with Gasteiger partial charge < -0.3 is 14.8 Å². The molecule has 1 amide bonds. The van der Waals surface area contributed by atoms with Gasteiger partial charge in [-0.25, -0.2) is 0 Å². The molecule has 0 rings (SSSR count). The Morgan fingerprint density at radius 3 is 1.21 bits per heavy atom. The number of amides is 1. The summed E-state index contributed by atoms with van der Waals surface area (Å²) in [4.78, 5) is 35.0. The van der Waals surface area contributed by atoms with E-state index in [9.17, 15) is 14.4 Å². The molecule has 0 aliphatic rings. The van der Waals surface area contributed by atoms with Crippen molar-refractivity contribution < 1.29 is 23.9 Å². The van der Waals surface area contributed by atoms with Crippen LogP contribution in [0.4, 0.5) is 0 Å². The summed E-state index contributed by atoms with van der Waals surface area (Å²) in [7, 11) is 0. The maximum atomic E-state index is 11.8. The Labute approximate surface area is 209 Å². The summed E-state index contributed by atoms with van der Waals surface area (Å²) in [6.07, 6.45) is 17.7. The average Bonchev–Trinajstić information content (AvgIpc) is 2.69. The van der Waals surface area contributed by atoms with Crippen LogP contribution in [0.5, 0.6) is 0 Å². The molecule has 0 bridgehead atoms. The molecule has 0 saturated carbocycles. The van der Waals surface area contributed by atoms with Crippen LogP contribution in [0.25, 0.3) is 0 Å². The monoisotopic (exact) mass is 483 g/mol. The summed E-state index contributed by atoms with van der Waals surface area (Å²) >= 11 is 0. The van der Waals surface area contributed by atoms with Crippen molar-refractivity contribution in [3.63, 3.8) is 0 Å². The van der Waals surface area contributed by atoms with Crippen molar-refractivity contribution in [1.82, 2.24) is 5.32 Å². The predicted octanol–water partition coefficient (Wildman–Crippen LogP) is 7.03. The Bertz CT molecular complexity index is 560. The molecule has 6 nitrogen and oxygen atoms in total. The molecule has 0 saturated heterocycles. The molecule has 0 aromatic heterocycles. The minimum atomic E-state index is -0.520. The fourth-order valence-electron chi connectivity index (χ4n) is 3.71. The summed E-state index contributed by atoms with van der Waals surface area (Å²) in [6, 6.07) is 0. The molecule has 0 radical (unpaired) electrons. The Morgan fingerprint density at radius 1 is 0.500 bits per heavy atom. The summed E-state index contributed by atoms with van der Waals surface area (Å²) in [5, 5.41) is 2.63. The van der Waals surface area contributed by atoms with Crippen LogP contribution in [-0.2, 0) is 23.9 Å². The number of hydrogen-bond acceptors (Lipinski definition) is 5. The highest BCUT2D eigenvalue weighted by Gasteiger charge is 2.17. The van der Waals surface area contributed by atoms with Crippen LogP contribution in [-0.4, -0.2) is 35.6 Å². The number of unbranched alkanes of at least 4 members (excludes halogenated alkanes) is 13. The van der Waals surface area contributed by atoms with E-state index in [1.165, 1.54) is 64.2 Å². The van der Waals surface area contributed by atoms with E-state index in [-0.39, 0.29) is 24.0 Å². The zero-order valence-corrected chi connectivity index (χ0v) is 23.1. The largest absolute Gasteiger partial charge is 0.460 e. The number of carbonyl (C=O) groups excluding carboxylic acids is 3. The Balaban J connectivity index is 3.33. The Hall–Kier alpha value is -1.59. The number of carbonyl (C=O) groups is 3. The van der Waals surface area contributed by atoms with Crippen molar-refractivity contribution >= 4 is 17.8 Å². The molecular formula is C28H53NO5. The highest BCUT2D eigenvalue weighted by atomic mass is 16.6. The van der Waals surface area contributed by atoms with Crippen molar-refractivity contribution in [2.24, 2.45) is 0 Å². The van der Waals surface area contributed by atoms with E-state index in [4.69, 9.17) is 9.47 Å². The molecule has 34 heavy (non-hydrogen) atoms. The van der Waals surface area contributed by atoms with Crippen LogP contribution in [0.1, 0.15) is 144 Å². The zero-order valence-electron chi connectivity index (χ0n) is 23.1. The normalized spacial score (nSPS) is 11.8. The number of hydrogen-bond donors (Lipinski definition) is 1. The minimum absolute atomic E-state index is 0.0514. The third-order valence-corrected chi connectivity index (χ3v) is 5.30. The lowest BCUT2D eigenvalue weighted by Crippen LogP contribution is -2.34. The first kappa shape index (κ1) is 32.4. The molecule has 0 aliphatic carbocycles. The number of rotatable bonds is 19. The van der Waals surface area contributed by atoms with E-state index in [2.05, 4.69) is 5.32 Å². The molecule has 0 aromatic rings. The lowest BCUT2D eigenvalue weighted by Gasteiger charge is -2.19. The molecule has 200 valence electrons. The van der Waals surface area contributed by atoms with Gasteiger partial charge in [-0.3, -0.25) is 14.4 Å². The number of nitrogens with one attached hydrogen (secondary N) is 1. The van der Waals surface area contributed by atoms with Gasteiger partial charge in [0.15, 0.2) is 0 Å². The highest BCUT2D eigenvalue weighted by molar-refractivity contribution is 5.81. The first-order valence-corrected chi connectivity index (χ1v) is 13.6. The summed E-state index contributed by atoms with van der Waals surface area (Å²) in [5.74, 6) is -0.543. The predicted molar refractivity (Wildman–Crippen MR) is 139 cm³/mol. The average molecular weight is 484 g/mol. The first-order chi connectivity index (χ1) is 15.9. The van der Waals surface area contributed by atoms with E-state index in [1.54, 1.807) is 0 Å². The van der Waals surface area contributed by atoms with Gasteiger partial charge in [-0.2, -0.15) is 0 Å². The van der Waals surface area contributed by atoms with E-state index in [1.807, 2.05) is 41.5 Å². The van der Waals surface area contributed by atoms with E-state index >= 15 is 0 Å². The van der Waals surface area contributed by atoms with Crippen molar-refractivity contribution in [2.45, 2.75) is 155 Å². The van der Waals surface area contributed by atoms with Gasteiger partial charge in [0.1, 0.15) is 17.7 Å². The molecule has 6 heteroatoms. The molecule has 0 unspecified atom stereocenters. The zero-order chi connectivity index (χ0) is 25.9. The summed E-state index contributed by atoms with van der Waals surface area (Å²) in [5.41, 5.74) is -0.895. The Kier molecular flexibility index (Phi) is 17.8. The number of ether oxygens (including phenoxy) is 2. The van der Waals surface area contributed by atoms with Crippen LogP contribution >= 0.6 is 0 Å². The second-order valence-corrected chi connectivity index (χ2v) is 11.4. The maximum absolute atomic E-state index is 11.8. The van der Waals surface area contributed by atoms with Crippen LogP contribution in [0.15, 0.2) is 0 Å². The lowest BCUT2D eigenvalue weighted by molar-refractivity contribution is -0.155. The summed E-state index contributed by atoms with van der Waals surface area (Å²) in [6.45, 7) is 11.1. The fraction of sp³-hybridized carbons (Fsp3) is 0.893. The van der Waals surface area contributed by atoms with E-state index in [0.29, 0.717) is 12.8 Å². The van der Waals surface area contributed by atoms with Crippen LogP contribution in [0.2, 0.25) is 0 Å². The fourth-order valence-corrected chi connectivity index (χ4v) is 3.71. The van der Waals surface area contributed by atoms with Crippen LogP contribution < -0.4 is 5.32 Å². The van der Waals surface area contributed by atoms with Crippen molar-refractivity contribution in [3.8, 4) is 0 Å². The number of esters is 2. The first-order valence-electron chi connectivity index (χ1n) is 13.6. The highest BCUT2D eigenvalue weighted by Crippen LogP contribution is 2.15. The quantitative estimate of drug-likeness (QED) is 0.158. The van der Waals surface area contributed by atoms with Crippen molar-refractivity contribution in [1.29, 1.82) is 0 Å². The SMILES string of the molecule is CC(C)(C)OC(=O)CCCCCCCCCCCCCCCCC(=O)NCC(=O)OC(C)(C)C. The van der Waals surface area contributed by atoms with Gasteiger partial charge in [0.25, 0.3) is 0 Å².